The summed E-state index contributed by atoms with van der Waals surface area (Å²) in [5.41, 5.74) is 5.57. The van der Waals surface area contributed by atoms with Crippen LogP contribution in [0.15, 0.2) is 52.7 Å². The molecule has 3 nitrogen and oxygen atoms in total. The summed E-state index contributed by atoms with van der Waals surface area (Å²) in [5.74, 6) is 0. The van der Waals surface area contributed by atoms with E-state index < -0.39 is 0 Å². The van der Waals surface area contributed by atoms with Crippen LogP contribution < -0.4 is 4.90 Å². The normalized spacial score (nSPS) is 11.0. The van der Waals surface area contributed by atoms with Crippen molar-refractivity contribution in [1.29, 1.82) is 0 Å². The van der Waals surface area contributed by atoms with Crippen LogP contribution in [0.5, 0.6) is 0 Å². The maximum absolute atomic E-state index is 4.31. The van der Waals surface area contributed by atoms with E-state index in [9.17, 15) is 0 Å². The molecule has 0 spiro atoms. The zero-order valence-corrected chi connectivity index (χ0v) is 12.6. The van der Waals surface area contributed by atoms with Crippen LogP contribution in [0.3, 0.4) is 0 Å². The van der Waals surface area contributed by atoms with Crippen LogP contribution in [0.25, 0.3) is 0 Å². The molecule has 0 unspecified atom stereocenters. The summed E-state index contributed by atoms with van der Waals surface area (Å²) in [5, 5.41) is 8.60. The molecule has 0 radical (unpaired) electrons. The van der Waals surface area contributed by atoms with Gasteiger partial charge in [0.05, 0.1) is 11.4 Å². The van der Waals surface area contributed by atoms with Gasteiger partial charge < -0.3 is 4.90 Å². The topological polar surface area (TPSA) is 28.0 Å². The van der Waals surface area contributed by atoms with Gasteiger partial charge in [-0.1, -0.05) is 13.0 Å². The van der Waals surface area contributed by atoms with Crippen LogP contribution in [0.4, 0.5) is 17.1 Å². The van der Waals surface area contributed by atoms with Crippen molar-refractivity contribution in [3.8, 4) is 0 Å². The van der Waals surface area contributed by atoms with Crippen molar-refractivity contribution in [2.24, 2.45) is 10.2 Å². The second kappa shape index (κ2) is 6.33. The van der Waals surface area contributed by atoms with E-state index in [-0.39, 0.29) is 0 Å². The summed E-state index contributed by atoms with van der Waals surface area (Å²) in [6, 6.07) is 14.3. The molecule has 3 heteroatoms. The van der Waals surface area contributed by atoms with Gasteiger partial charge in [0.15, 0.2) is 0 Å². The van der Waals surface area contributed by atoms with Gasteiger partial charge in [-0.15, -0.1) is 0 Å². The smallest absolute Gasteiger partial charge is 0.0860 e. The maximum atomic E-state index is 4.31. The highest BCUT2D eigenvalue weighted by Gasteiger charge is 1.98. The van der Waals surface area contributed by atoms with Crippen LogP contribution in [-0.2, 0) is 6.42 Å². The van der Waals surface area contributed by atoms with Crippen molar-refractivity contribution in [3.05, 3.63) is 53.6 Å². The van der Waals surface area contributed by atoms with Crippen LogP contribution in [0, 0.1) is 6.92 Å². The van der Waals surface area contributed by atoms with Crippen molar-refractivity contribution in [2.45, 2.75) is 20.3 Å². The Morgan fingerprint density at radius 1 is 0.900 bits per heavy atom. The first-order chi connectivity index (χ1) is 9.60. The Morgan fingerprint density at radius 2 is 1.50 bits per heavy atom. The summed E-state index contributed by atoms with van der Waals surface area (Å²) in [7, 11) is 4.05. The lowest BCUT2D eigenvalue weighted by Crippen LogP contribution is -2.07. The van der Waals surface area contributed by atoms with E-state index >= 15 is 0 Å². The van der Waals surface area contributed by atoms with Crippen molar-refractivity contribution in [3.63, 3.8) is 0 Å². The van der Waals surface area contributed by atoms with Gasteiger partial charge in [0.25, 0.3) is 0 Å². The minimum Gasteiger partial charge on any atom is -0.378 e. The summed E-state index contributed by atoms with van der Waals surface area (Å²) >= 11 is 0. The van der Waals surface area contributed by atoms with Crippen LogP contribution in [0.2, 0.25) is 0 Å². The van der Waals surface area contributed by atoms with E-state index in [1.165, 1.54) is 11.1 Å². The lowest BCUT2D eigenvalue weighted by Gasteiger charge is -2.11. The lowest BCUT2D eigenvalue weighted by atomic mass is 10.1. The van der Waals surface area contributed by atoms with Gasteiger partial charge in [-0.2, -0.15) is 10.2 Å². The molecule has 2 aromatic rings. The zero-order valence-electron chi connectivity index (χ0n) is 12.6. The quantitative estimate of drug-likeness (QED) is 0.713. The summed E-state index contributed by atoms with van der Waals surface area (Å²) in [6.45, 7) is 4.28. The third-order valence-electron chi connectivity index (χ3n) is 3.36. The highest BCUT2D eigenvalue weighted by molar-refractivity contribution is 5.52. The Morgan fingerprint density at radius 3 is 2.10 bits per heavy atom. The third kappa shape index (κ3) is 3.44. The highest BCUT2D eigenvalue weighted by Crippen LogP contribution is 2.23. The van der Waals surface area contributed by atoms with Gasteiger partial charge in [0.1, 0.15) is 0 Å². The predicted molar refractivity (Wildman–Crippen MR) is 85.5 cm³/mol. The van der Waals surface area contributed by atoms with E-state index in [4.69, 9.17) is 0 Å². The van der Waals surface area contributed by atoms with Gasteiger partial charge in [-0.3, -0.25) is 0 Å². The second-order valence-corrected chi connectivity index (χ2v) is 5.08. The van der Waals surface area contributed by atoms with Crippen molar-refractivity contribution >= 4 is 17.1 Å². The molecule has 20 heavy (non-hydrogen) atoms. The van der Waals surface area contributed by atoms with E-state index in [1.54, 1.807) is 0 Å². The molecule has 0 fully saturated rings. The molecule has 0 saturated heterocycles. The summed E-state index contributed by atoms with van der Waals surface area (Å²) in [6.07, 6.45) is 1.02. The molecular weight excluding hydrogens is 246 g/mol. The van der Waals surface area contributed by atoms with Crippen molar-refractivity contribution < 1.29 is 0 Å². The Kier molecular flexibility index (Phi) is 4.51. The van der Waals surface area contributed by atoms with Gasteiger partial charge in [0, 0.05) is 19.8 Å². The Balaban J connectivity index is 2.16. The number of azo groups is 1. The third-order valence-corrected chi connectivity index (χ3v) is 3.36. The van der Waals surface area contributed by atoms with Gasteiger partial charge in [-0.25, -0.2) is 0 Å². The molecule has 0 saturated carbocycles. The first-order valence-electron chi connectivity index (χ1n) is 6.89. The van der Waals surface area contributed by atoms with Crippen molar-refractivity contribution in [1.82, 2.24) is 0 Å². The number of hydrogen-bond acceptors (Lipinski definition) is 3. The molecule has 0 aromatic heterocycles. The zero-order chi connectivity index (χ0) is 14.5. The average molecular weight is 267 g/mol. The fourth-order valence-electron chi connectivity index (χ4n) is 2.03. The molecule has 0 N–H and O–H groups in total. The van der Waals surface area contributed by atoms with Crippen LogP contribution in [-0.4, -0.2) is 14.1 Å². The largest absolute Gasteiger partial charge is 0.378 e. The lowest BCUT2D eigenvalue weighted by molar-refractivity contribution is 1.10. The molecule has 0 aliphatic carbocycles. The maximum Gasteiger partial charge on any atom is 0.0860 e. The number of hydrogen-bond donors (Lipinski definition) is 0. The summed E-state index contributed by atoms with van der Waals surface area (Å²) in [4.78, 5) is 2.06. The van der Waals surface area contributed by atoms with Crippen LogP contribution in [0.1, 0.15) is 18.1 Å². The Bertz CT molecular complexity index is 598. The van der Waals surface area contributed by atoms with Gasteiger partial charge in [0.2, 0.25) is 0 Å². The van der Waals surface area contributed by atoms with E-state index in [0.717, 1.165) is 23.5 Å². The monoisotopic (exact) mass is 267 g/mol. The van der Waals surface area contributed by atoms with E-state index in [2.05, 4.69) is 41.1 Å². The van der Waals surface area contributed by atoms with Gasteiger partial charge >= 0.3 is 0 Å². The standard InChI is InChI=1S/C17H21N3/c1-5-14-12-16(7-6-13(14)2)19-18-15-8-10-17(11-9-15)20(3)4/h6-12H,5H2,1-4H3. The van der Waals surface area contributed by atoms with E-state index in [1.807, 2.05) is 44.4 Å². The molecule has 0 aliphatic heterocycles. The molecule has 0 amide bonds. The molecule has 104 valence electrons. The molecule has 2 aromatic carbocycles. The number of benzene rings is 2. The Labute approximate surface area is 121 Å². The average Bonchev–Trinajstić information content (AvgIpc) is 2.46. The second-order valence-electron chi connectivity index (χ2n) is 5.08. The first kappa shape index (κ1) is 14.3. The molecule has 0 bridgehead atoms. The minimum atomic E-state index is 0.870. The summed E-state index contributed by atoms with van der Waals surface area (Å²) < 4.78 is 0. The molecule has 2 rings (SSSR count). The molecule has 0 atom stereocenters. The Hall–Kier alpha value is -2.16. The fraction of sp³-hybridized carbons (Fsp3) is 0.294. The predicted octanol–water partition coefficient (Wildman–Crippen LogP) is 5.04. The minimum absolute atomic E-state index is 0.870. The molecular formula is C17H21N3. The number of rotatable bonds is 4. The van der Waals surface area contributed by atoms with Crippen LogP contribution >= 0.6 is 0 Å². The number of aryl methyl sites for hydroxylation is 2. The van der Waals surface area contributed by atoms with E-state index in [0.29, 0.717) is 0 Å². The number of anilines is 1. The number of nitrogens with zero attached hydrogens (tertiary/aromatic N) is 3. The molecule has 0 heterocycles. The van der Waals surface area contributed by atoms with Gasteiger partial charge in [-0.05, 0) is 60.9 Å². The fourth-order valence-corrected chi connectivity index (χ4v) is 2.03. The highest BCUT2D eigenvalue weighted by atomic mass is 15.1. The first-order valence-corrected chi connectivity index (χ1v) is 6.89. The van der Waals surface area contributed by atoms with Crippen molar-refractivity contribution in [2.75, 3.05) is 19.0 Å². The SMILES string of the molecule is CCc1cc(N=Nc2ccc(N(C)C)cc2)ccc1C. The molecule has 0 aliphatic rings.